The molecule has 0 unspecified atom stereocenters. The Bertz CT molecular complexity index is 1100. The second-order valence-electron chi connectivity index (χ2n) is 8.93. The van der Waals surface area contributed by atoms with Crippen LogP contribution < -0.4 is 0 Å². The number of rotatable bonds is 9. The molecule has 184 valence electrons. The summed E-state index contributed by atoms with van der Waals surface area (Å²) in [5.41, 5.74) is 1.96. The van der Waals surface area contributed by atoms with Crippen LogP contribution in [0.15, 0.2) is 66.9 Å². The van der Waals surface area contributed by atoms with Crippen LogP contribution in [0.25, 0.3) is 0 Å². The van der Waals surface area contributed by atoms with Gasteiger partial charge in [-0.3, -0.25) is 4.79 Å². The monoisotopic (exact) mass is 476 g/mol. The number of unbranched alkanes of at least 4 members (excludes halogenated alkanes) is 2. The Kier molecular flexibility index (Phi) is 8.26. The molecule has 0 bridgehead atoms. The first-order valence-corrected chi connectivity index (χ1v) is 12.2. The normalized spacial score (nSPS) is 19.9. The molecule has 35 heavy (non-hydrogen) atoms. The molecule has 1 saturated heterocycles. The van der Waals surface area contributed by atoms with Crippen LogP contribution in [0.5, 0.6) is 0 Å². The molecule has 1 N–H and O–H groups in total. The molecule has 8 nitrogen and oxygen atoms in total. The predicted octanol–water partition coefficient (Wildman–Crippen LogP) is 4.09. The van der Waals surface area contributed by atoms with Crippen molar-refractivity contribution in [1.29, 1.82) is 0 Å². The zero-order valence-corrected chi connectivity index (χ0v) is 20.0. The third-order valence-corrected chi connectivity index (χ3v) is 6.43. The second kappa shape index (κ2) is 11.8. The largest absolute Gasteiger partial charge is 0.455 e. The molecule has 2 heterocycles. The standard InChI is InChI=1S/C27H32N4O4/c1-2-3-6-15-26(33)30-18-24(25(32)16-23(30)20-11-7-4-8-12-20)31-17-22(28-29-31)19-35-27(34)21-13-9-5-10-14-21/h4-5,7-14,17,23-25,32H,2-3,6,15-16,18-19H2,1H3/t23-,24+,25+/m0/s1. The van der Waals surface area contributed by atoms with Gasteiger partial charge in [-0.05, 0) is 24.1 Å². The molecule has 0 saturated carbocycles. The van der Waals surface area contributed by atoms with E-state index in [1.54, 1.807) is 35.1 Å². The molecule has 1 amide bonds. The minimum absolute atomic E-state index is 0.0250. The molecule has 0 aliphatic carbocycles. The number of hydrogen-bond donors (Lipinski definition) is 1. The highest BCUT2D eigenvalue weighted by Crippen LogP contribution is 2.36. The van der Waals surface area contributed by atoms with Gasteiger partial charge in [0.05, 0.1) is 29.9 Å². The number of hydrogen-bond acceptors (Lipinski definition) is 6. The van der Waals surface area contributed by atoms with E-state index in [9.17, 15) is 14.7 Å². The number of likely N-dealkylation sites (tertiary alicyclic amines) is 1. The van der Waals surface area contributed by atoms with Crippen molar-refractivity contribution in [3.63, 3.8) is 0 Å². The van der Waals surface area contributed by atoms with E-state index < -0.39 is 18.1 Å². The molecular weight excluding hydrogens is 444 g/mol. The number of aliphatic hydroxyl groups is 1. The fraction of sp³-hybridized carbons (Fsp3) is 0.407. The third-order valence-electron chi connectivity index (χ3n) is 6.43. The van der Waals surface area contributed by atoms with Gasteiger partial charge in [-0.1, -0.05) is 73.5 Å². The summed E-state index contributed by atoms with van der Waals surface area (Å²) in [6.45, 7) is 2.42. The van der Waals surface area contributed by atoms with Gasteiger partial charge in [-0.2, -0.15) is 0 Å². The van der Waals surface area contributed by atoms with Crippen molar-refractivity contribution in [1.82, 2.24) is 19.9 Å². The van der Waals surface area contributed by atoms with Crippen molar-refractivity contribution in [3.8, 4) is 0 Å². The maximum atomic E-state index is 13.2. The number of esters is 1. The Balaban J connectivity index is 1.46. The molecule has 0 radical (unpaired) electrons. The van der Waals surface area contributed by atoms with Crippen LogP contribution in [0.4, 0.5) is 0 Å². The van der Waals surface area contributed by atoms with E-state index >= 15 is 0 Å². The minimum atomic E-state index is -0.707. The second-order valence-corrected chi connectivity index (χ2v) is 8.93. The van der Waals surface area contributed by atoms with E-state index in [4.69, 9.17) is 4.74 Å². The smallest absolute Gasteiger partial charge is 0.338 e. The Morgan fingerprint density at radius 3 is 2.49 bits per heavy atom. The van der Waals surface area contributed by atoms with Gasteiger partial charge < -0.3 is 14.7 Å². The van der Waals surface area contributed by atoms with E-state index in [2.05, 4.69) is 17.2 Å². The number of nitrogens with zero attached hydrogens (tertiary/aromatic N) is 4. The van der Waals surface area contributed by atoms with Gasteiger partial charge in [0.15, 0.2) is 0 Å². The number of aliphatic hydroxyl groups excluding tert-OH is 1. The molecule has 3 atom stereocenters. The fourth-order valence-electron chi connectivity index (χ4n) is 4.50. The maximum absolute atomic E-state index is 13.2. The molecule has 1 fully saturated rings. The SMILES string of the molecule is CCCCCC(=O)N1C[C@@H](n2cc(COC(=O)c3ccccc3)nn2)[C@H](O)C[C@H]1c1ccccc1. The van der Waals surface area contributed by atoms with Crippen LogP contribution in [0, 0.1) is 0 Å². The first-order valence-electron chi connectivity index (χ1n) is 12.2. The summed E-state index contributed by atoms with van der Waals surface area (Å²) in [6.07, 6.45) is 4.77. The summed E-state index contributed by atoms with van der Waals surface area (Å²) in [5.74, 6) is -0.353. The van der Waals surface area contributed by atoms with Crippen molar-refractivity contribution in [2.24, 2.45) is 0 Å². The zero-order chi connectivity index (χ0) is 24.6. The van der Waals surface area contributed by atoms with E-state index in [1.165, 1.54) is 0 Å². The number of piperidine rings is 1. The van der Waals surface area contributed by atoms with Gasteiger partial charge >= 0.3 is 5.97 Å². The number of carbonyl (C=O) groups excluding carboxylic acids is 2. The lowest BCUT2D eigenvalue weighted by atomic mass is 9.90. The number of aromatic nitrogens is 3. The molecule has 0 spiro atoms. The van der Waals surface area contributed by atoms with E-state index in [0.717, 1.165) is 24.8 Å². The molecule has 3 aromatic rings. The molecule has 8 heteroatoms. The highest BCUT2D eigenvalue weighted by atomic mass is 16.5. The number of carbonyl (C=O) groups is 2. The van der Waals surface area contributed by atoms with Crippen LogP contribution >= 0.6 is 0 Å². The first kappa shape index (κ1) is 24.6. The van der Waals surface area contributed by atoms with Gasteiger partial charge in [0.25, 0.3) is 0 Å². The van der Waals surface area contributed by atoms with E-state index in [-0.39, 0.29) is 18.6 Å². The number of amides is 1. The van der Waals surface area contributed by atoms with Crippen molar-refractivity contribution in [2.45, 2.75) is 63.8 Å². The Labute approximate surface area is 205 Å². The van der Waals surface area contributed by atoms with Crippen molar-refractivity contribution in [2.75, 3.05) is 6.54 Å². The Hall–Kier alpha value is -3.52. The van der Waals surface area contributed by atoms with Gasteiger partial charge in [0, 0.05) is 19.4 Å². The first-order chi connectivity index (χ1) is 17.1. The van der Waals surface area contributed by atoms with Crippen LogP contribution in [0.2, 0.25) is 0 Å². The lowest BCUT2D eigenvalue weighted by Crippen LogP contribution is -2.48. The molecule has 4 rings (SSSR count). The lowest BCUT2D eigenvalue weighted by Gasteiger charge is -2.42. The summed E-state index contributed by atoms with van der Waals surface area (Å²) in [7, 11) is 0. The number of benzene rings is 2. The van der Waals surface area contributed by atoms with Gasteiger partial charge in [0.2, 0.25) is 5.91 Å². The van der Waals surface area contributed by atoms with Crippen LogP contribution in [-0.2, 0) is 16.1 Å². The highest BCUT2D eigenvalue weighted by molar-refractivity contribution is 5.89. The van der Waals surface area contributed by atoms with Crippen molar-refractivity contribution in [3.05, 3.63) is 83.7 Å². The summed E-state index contributed by atoms with van der Waals surface area (Å²) >= 11 is 0. The quantitative estimate of drug-likeness (QED) is 0.369. The number of ether oxygens (including phenoxy) is 1. The molecule has 1 aliphatic rings. The van der Waals surface area contributed by atoms with Crippen LogP contribution in [0.3, 0.4) is 0 Å². The zero-order valence-electron chi connectivity index (χ0n) is 20.0. The summed E-state index contributed by atoms with van der Waals surface area (Å²) in [6, 6.07) is 18.0. The average molecular weight is 477 g/mol. The summed E-state index contributed by atoms with van der Waals surface area (Å²) < 4.78 is 6.94. The Morgan fingerprint density at radius 1 is 1.06 bits per heavy atom. The van der Waals surface area contributed by atoms with Crippen molar-refractivity contribution < 1.29 is 19.4 Å². The molecular formula is C27H32N4O4. The fourth-order valence-corrected chi connectivity index (χ4v) is 4.50. The average Bonchev–Trinajstić information content (AvgIpc) is 3.37. The highest BCUT2D eigenvalue weighted by Gasteiger charge is 2.39. The predicted molar refractivity (Wildman–Crippen MR) is 130 cm³/mol. The topological polar surface area (TPSA) is 97.6 Å². The minimum Gasteiger partial charge on any atom is -0.455 e. The van der Waals surface area contributed by atoms with E-state index in [0.29, 0.717) is 30.6 Å². The maximum Gasteiger partial charge on any atom is 0.338 e. The van der Waals surface area contributed by atoms with Gasteiger partial charge in [-0.25, -0.2) is 9.48 Å². The summed E-state index contributed by atoms with van der Waals surface area (Å²) in [5, 5.41) is 19.3. The Morgan fingerprint density at radius 2 is 1.77 bits per heavy atom. The van der Waals surface area contributed by atoms with Crippen molar-refractivity contribution >= 4 is 11.9 Å². The molecule has 2 aromatic carbocycles. The van der Waals surface area contributed by atoms with Gasteiger partial charge in [0.1, 0.15) is 12.3 Å². The third kappa shape index (κ3) is 6.14. The molecule has 1 aliphatic heterocycles. The van der Waals surface area contributed by atoms with Gasteiger partial charge in [-0.15, -0.1) is 5.10 Å². The van der Waals surface area contributed by atoms with E-state index in [1.807, 2.05) is 41.3 Å². The van der Waals surface area contributed by atoms with Crippen LogP contribution in [-0.4, -0.2) is 49.5 Å². The van der Waals surface area contributed by atoms with Crippen LogP contribution in [0.1, 0.15) is 72.7 Å². The molecule has 1 aromatic heterocycles. The summed E-state index contributed by atoms with van der Waals surface area (Å²) in [4.78, 5) is 27.3. The lowest BCUT2D eigenvalue weighted by molar-refractivity contribution is -0.139.